The standard InChI is InChI=1S/C22H20N2O2S/c25-22(12-16-27-20-8-2-1-3-9-20)24-13-4-5-15-26-19-11-10-18-7-6-14-23-21(18)17-19/h1-3,6-11,14,17H,12-13,15-16H2,(H,24,25). The third kappa shape index (κ3) is 6.36. The molecule has 1 aromatic heterocycles. The third-order valence-corrected chi connectivity index (χ3v) is 4.74. The number of hydrogen-bond acceptors (Lipinski definition) is 4. The van der Waals surface area contributed by atoms with Crippen LogP contribution in [0.5, 0.6) is 5.75 Å². The van der Waals surface area contributed by atoms with Gasteiger partial charge in [-0.3, -0.25) is 9.78 Å². The van der Waals surface area contributed by atoms with E-state index >= 15 is 0 Å². The summed E-state index contributed by atoms with van der Waals surface area (Å²) in [6.45, 7) is 0.607. The lowest BCUT2D eigenvalue weighted by molar-refractivity contribution is -0.120. The highest BCUT2D eigenvalue weighted by Crippen LogP contribution is 2.18. The van der Waals surface area contributed by atoms with Crippen molar-refractivity contribution in [3.63, 3.8) is 0 Å². The lowest BCUT2D eigenvalue weighted by atomic mass is 10.2. The average molecular weight is 376 g/mol. The monoisotopic (exact) mass is 376 g/mol. The molecule has 1 heterocycles. The second kappa shape index (κ2) is 10.2. The molecule has 1 N–H and O–H groups in total. The van der Waals surface area contributed by atoms with Gasteiger partial charge in [-0.1, -0.05) is 36.1 Å². The summed E-state index contributed by atoms with van der Waals surface area (Å²) in [5, 5.41) is 3.87. The summed E-state index contributed by atoms with van der Waals surface area (Å²) in [7, 11) is 0. The molecule has 4 nitrogen and oxygen atoms in total. The molecule has 3 rings (SSSR count). The molecule has 3 aromatic rings. The van der Waals surface area contributed by atoms with Gasteiger partial charge in [-0.15, -0.1) is 11.8 Å². The van der Waals surface area contributed by atoms with Crippen molar-refractivity contribution >= 4 is 28.6 Å². The van der Waals surface area contributed by atoms with E-state index < -0.39 is 0 Å². The van der Waals surface area contributed by atoms with Crippen LogP contribution in [0, 0.1) is 11.8 Å². The van der Waals surface area contributed by atoms with Gasteiger partial charge in [0.25, 0.3) is 0 Å². The molecule has 27 heavy (non-hydrogen) atoms. The molecular formula is C22H20N2O2S. The smallest absolute Gasteiger partial charge is 0.221 e. The predicted octanol–water partition coefficient (Wildman–Crippen LogP) is 3.92. The number of nitrogens with one attached hydrogen (secondary N) is 1. The minimum absolute atomic E-state index is 0.00857. The third-order valence-electron chi connectivity index (χ3n) is 3.73. The Kier molecular flexibility index (Phi) is 7.14. The highest BCUT2D eigenvalue weighted by Gasteiger charge is 2.00. The molecule has 0 atom stereocenters. The van der Waals surface area contributed by atoms with E-state index in [0.717, 1.165) is 22.4 Å². The van der Waals surface area contributed by atoms with Crippen LogP contribution in [0.1, 0.15) is 6.42 Å². The minimum atomic E-state index is 0.00857. The van der Waals surface area contributed by atoms with Crippen LogP contribution in [0.15, 0.2) is 71.8 Å². The molecule has 0 aliphatic rings. The van der Waals surface area contributed by atoms with Crippen molar-refractivity contribution in [1.29, 1.82) is 0 Å². The van der Waals surface area contributed by atoms with E-state index in [1.165, 1.54) is 4.90 Å². The van der Waals surface area contributed by atoms with E-state index in [2.05, 4.69) is 22.1 Å². The number of amides is 1. The lowest BCUT2D eigenvalue weighted by Gasteiger charge is -2.03. The quantitative estimate of drug-likeness (QED) is 0.502. The van der Waals surface area contributed by atoms with Gasteiger partial charge in [0.15, 0.2) is 0 Å². The molecule has 0 fully saturated rings. The minimum Gasteiger partial charge on any atom is -0.481 e. The van der Waals surface area contributed by atoms with Crippen molar-refractivity contribution in [2.75, 3.05) is 18.9 Å². The Morgan fingerprint density at radius 2 is 1.96 bits per heavy atom. The van der Waals surface area contributed by atoms with Crippen molar-refractivity contribution in [2.24, 2.45) is 0 Å². The van der Waals surface area contributed by atoms with Crippen LogP contribution in [0.2, 0.25) is 0 Å². The summed E-state index contributed by atoms with van der Waals surface area (Å²) in [6, 6.07) is 19.7. The molecule has 5 heteroatoms. The second-order valence-corrected chi connectivity index (χ2v) is 6.86. The molecule has 2 aromatic carbocycles. The number of rotatable bonds is 7. The summed E-state index contributed by atoms with van der Waals surface area (Å²) in [5.74, 6) is 7.30. The van der Waals surface area contributed by atoms with Crippen molar-refractivity contribution in [3.05, 3.63) is 66.9 Å². The van der Waals surface area contributed by atoms with E-state index in [-0.39, 0.29) is 12.5 Å². The molecule has 0 bridgehead atoms. The highest BCUT2D eigenvalue weighted by atomic mass is 32.2. The van der Waals surface area contributed by atoms with Crippen molar-refractivity contribution < 1.29 is 9.53 Å². The number of pyridine rings is 1. The first-order valence-electron chi connectivity index (χ1n) is 8.69. The Balaban J connectivity index is 1.32. The van der Waals surface area contributed by atoms with Crippen LogP contribution in [-0.2, 0) is 4.79 Å². The summed E-state index contributed by atoms with van der Waals surface area (Å²) >= 11 is 1.67. The molecule has 1 amide bonds. The molecule has 0 saturated heterocycles. The van der Waals surface area contributed by atoms with Crippen molar-refractivity contribution in [1.82, 2.24) is 10.3 Å². The first-order valence-corrected chi connectivity index (χ1v) is 9.68. The van der Waals surface area contributed by atoms with Crippen LogP contribution < -0.4 is 10.1 Å². The molecule has 0 saturated carbocycles. The van der Waals surface area contributed by atoms with Gasteiger partial charge in [0.2, 0.25) is 5.91 Å². The van der Waals surface area contributed by atoms with Crippen molar-refractivity contribution in [2.45, 2.75) is 11.3 Å². The van der Waals surface area contributed by atoms with E-state index in [1.807, 2.05) is 60.7 Å². The molecular weight excluding hydrogens is 356 g/mol. The number of aromatic nitrogens is 1. The zero-order chi connectivity index (χ0) is 18.7. The largest absolute Gasteiger partial charge is 0.481 e. The number of carbonyl (C=O) groups excluding carboxylic acids is 1. The topological polar surface area (TPSA) is 51.2 Å². The van der Waals surface area contributed by atoms with Gasteiger partial charge < -0.3 is 10.1 Å². The summed E-state index contributed by atoms with van der Waals surface area (Å²) in [6.07, 6.45) is 2.23. The summed E-state index contributed by atoms with van der Waals surface area (Å²) in [5.41, 5.74) is 0.892. The first kappa shape index (κ1) is 18.8. The fourth-order valence-corrected chi connectivity index (χ4v) is 3.25. The maximum atomic E-state index is 11.8. The fourth-order valence-electron chi connectivity index (χ4n) is 2.38. The average Bonchev–Trinajstić information content (AvgIpc) is 2.71. The predicted molar refractivity (Wildman–Crippen MR) is 110 cm³/mol. The van der Waals surface area contributed by atoms with Gasteiger partial charge in [0.1, 0.15) is 12.4 Å². The second-order valence-electron chi connectivity index (χ2n) is 5.69. The van der Waals surface area contributed by atoms with Gasteiger partial charge in [-0.2, -0.15) is 0 Å². The van der Waals surface area contributed by atoms with Crippen LogP contribution >= 0.6 is 11.8 Å². The SMILES string of the molecule is O=C(CCSc1ccccc1)NCC#CCOc1ccc2cccnc2c1. The number of carbonyl (C=O) groups is 1. The van der Waals surface area contributed by atoms with Gasteiger partial charge in [0, 0.05) is 34.7 Å². The van der Waals surface area contributed by atoms with Crippen LogP contribution in [-0.4, -0.2) is 29.8 Å². The normalized spacial score (nSPS) is 10.1. The van der Waals surface area contributed by atoms with Gasteiger partial charge in [-0.05, 0) is 30.3 Å². The Hall–Kier alpha value is -2.97. The fraction of sp³-hybridized carbons (Fsp3) is 0.182. The summed E-state index contributed by atoms with van der Waals surface area (Å²) < 4.78 is 5.61. The number of fused-ring (bicyclic) bond motifs is 1. The van der Waals surface area contributed by atoms with Crippen LogP contribution in [0.3, 0.4) is 0 Å². The van der Waals surface area contributed by atoms with E-state index in [0.29, 0.717) is 13.0 Å². The molecule has 136 valence electrons. The van der Waals surface area contributed by atoms with E-state index in [9.17, 15) is 4.79 Å². The molecule has 0 spiro atoms. The molecule has 0 aliphatic heterocycles. The number of hydrogen-bond donors (Lipinski definition) is 1. The number of ether oxygens (including phenoxy) is 1. The van der Waals surface area contributed by atoms with Gasteiger partial charge in [-0.25, -0.2) is 0 Å². The number of thioether (sulfide) groups is 1. The Labute approximate surface area is 163 Å². The highest BCUT2D eigenvalue weighted by molar-refractivity contribution is 7.99. The Morgan fingerprint density at radius 3 is 2.85 bits per heavy atom. The number of benzene rings is 2. The van der Waals surface area contributed by atoms with Crippen LogP contribution in [0.25, 0.3) is 10.9 Å². The van der Waals surface area contributed by atoms with Gasteiger partial charge >= 0.3 is 0 Å². The first-order chi connectivity index (χ1) is 13.3. The lowest BCUT2D eigenvalue weighted by Crippen LogP contribution is -2.23. The molecule has 0 aliphatic carbocycles. The van der Waals surface area contributed by atoms with E-state index in [1.54, 1.807) is 18.0 Å². The van der Waals surface area contributed by atoms with Crippen LogP contribution in [0.4, 0.5) is 0 Å². The maximum Gasteiger partial charge on any atom is 0.221 e. The Bertz CT molecular complexity index is 948. The van der Waals surface area contributed by atoms with Crippen molar-refractivity contribution in [3.8, 4) is 17.6 Å². The number of nitrogens with zero attached hydrogens (tertiary/aromatic N) is 1. The zero-order valence-electron chi connectivity index (χ0n) is 14.9. The maximum absolute atomic E-state index is 11.8. The van der Waals surface area contributed by atoms with Gasteiger partial charge in [0.05, 0.1) is 12.1 Å². The molecule has 0 unspecified atom stereocenters. The molecule has 0 radical (unpaired) electrons. The Morgan fingerprint density at radius 1 is 1.07 bits per heavy atom. The zero-order valence-corrected chi connectivity index (χ0v) is 15.7. The summed E-state index contributed by atoms with van der Waals surface area (Å²) in [4.78, 5) is 17.3. The van der Waals surface area contributed by atoms with E-state index in [4.69, 9.17) is 4.74 Å².